The van der Waals surface area contributed by atoms with Crippen molar-refractivity contribution in [1.82, 2.24) is 5.43 Å². The predicted octanol–water partition coefficient (Wildman–Crippen LogP) is 0.802. The fourth-order valence-electron chi connectivity index (χ4n) is 1.68. The molecule has 1 aromatic carbocycles. The van der Waals surface area contributed by atoms with Crippen molar-refractivity contribution in [2.75, 3.05) is 5.43 Å². The van der Waals surface area contributed by atoms with E-state index in [1.165, 1.54) is 12.1 Å². The molecule has 0 spiro atoms. The molecule has 114 valence electrons. The Bertz CT molecular complexity index is 561. The van der Waals surface area contributed by atoms with Crippen molar-refractivity contribution < 1.29 is 29.0 Å². The number of para-hydroxylation sites is 1. The Labute approximate surface area is 119 Å². The molecule has 0 amide bonds. The lowest BCUT2D eigenvalue weighted by molar-refractivity contribution is -0.145. The predicted molar refractivity (Wildman–Crippen MR) is 71.2 cm³/mol. The lowest BCUT2D eigenvalue weighted by atomic mass is 10.1. The van der Waals surface area contributed by atoms with E-state index >= 15 is 0 Å². The molecule has 1 rings (SSSR count). The molecule has 1 unspecified atom stereocenters. The normalized spacial score (nSPS) is 11.7. The first kappa shape index (κ1) is 16.6. The van der Waals surface area contributed by atoms with E-state index in [0.717, 1.165) is 0 Å². The van der Waals surface area contributed by atoms with E-state index in [9.17, 15) is 18.8 Å². The summed E-state index contributed by atoms with van der Waals surface area (Å²) in [6.45, 7) is 1.78. The van der Waals surface area contributed by atoms with E-state index in [-0.39, 0.29) is 5.69 Å². The van der Waals surface area contributed by atoms with Crippen LogP contribution in [0.2, 0.25) is 0 Å². The summed E-state index contributed by atoms with van der Waals surface area (Å²) in [6.07, 6.45) is -0.452. The number of nitrogens with one attached hydrogen (secondary N) is 2. The van der Waals surface area contributed by atoms with Gasteiger partial charge in [-0.3, -0.25) is 9.59 Å². The third-order valence-electron chi connectivity index (χ3n) is 2.72. The minimum Gasteiger partial charge on any atom is -0.481 e. The van der Waals surface area contributed by atoms with Gasteiger partial charge in [0.15, 0.2) is 11.8 Å². The Morgan fingerprint density at radius 3 is 2.48 bits per heavy atom. The van der Waals surface area contributed by atoms with Crippen LogP contribution in [0.1, 0.15) is 18.9 Å². The number of halogens is 1. The monoisotopic (exact) mass is 298 g/mol. The van der Waals surface area contributed by atoms with Crippen LogP contribution in [0, 0.1) is 5.82 Å². The number of rotatable bonds is 8. The highest BCUT2D eigenvalue weighted by molar-refractivity contribution is 6.08. The average Bonchev–Trinajstić information content (AvgIpc) is 2.39. The standard InChI is InChI=1S/C13H15FN2O5/c1-2-7-4-3-5-8(14)11(7)15-16-12(13(20)21)9(17)6-10(18)19/h3-5,12,15-16H,2,6H2,1H3,(H,18,19)(H,20,21). The molecule has 0 aliphatic rings. The number of Topliss-reactive ketones (excluding diaryl/α,β-unsaturated/α-hetero) is 1. The van der Waals surface area contributed by atoms with E-state index in [1.807, 2.05) is 0 Å². The molecule has 0 aromatic heterocycles. The van der Waals surface area contributed by atoms with E-state index in [4.69, 9.17) is 10.2 Å². The van der Waals surface area contributed by atoms with Crippen LogP contribution in [0.3, 0.4) is 0 Å². The van der Waals surface area contributed by atoms with Gasteiger partial charge in [0.05, 0.1) is 5.69 Å². The molecular formula is C13H15FN2O5. The minimum atomic E-state index is -1.79. The van der Waals surface area contributed by atoms with Crippen LogP contribution in [0.25, 0.3) is 0 Å². The number of ketones is 1. The summed E-state index contributed by atoms with van der Waals surface area (Å²) >= 11 is 0. The molecular weight excluding hydrogens is 283 g/mol. The summed E-state index contributed by atoms with van der Waals surface area (Å²) in [7, 11) is 0. The maximum absolute atomic E-state index is 13.7. The first-order valence-corrected chi connectivity index (χ1v) is 6.13. The zero-order chi connectivity index (χ0) is 16.0. The van der Waals surface area contributed by atoms with Crippen molar-refractivity contribution in [2.24, 2.45) is 0 Å². The highest BCUT2D eigenvalue weighted by Gasteiger charge is 2.27. The molecule has 1 aromatic rings. The number of hydrogen-bond acceptors (Lipinski definition) is 5. The van der Waals surface area contributed by atoms with Gasteiger partial charge in [0.25, 0.3) is 0 Å². The van der Waals surface area contributed by atoms with E-state index < -0.39 is 36.0 Å². The van der Waals surface area contributed by atoms with Gasteiger partial charge in [0.2, 0.25) is 0 Å². The van der Waals surface area contributed by atoms with Crippen LogP contribution < -0.4 is 10.9 Å². The van der Waals surface area contributed by atoms with Gasteiger partial charge in [-0.25, -0.2) is 14.6 Å². The summed E-state index contributed by atoms with van der Waals surface area (Å²) in [6, 6.07) is 2.54. The third kappa shape index (κ3) is 4.53. The number of carboxylic acid groups (broad SMARTS) is 2. The summed E-state index contributed by atoms with van der Waals surface area (Å²) in [4.78, 5) is 32.9. The largest absolute Gasteiger partial charge is 0.481 e. The van der Waals surface area contributed by atoms with E-state index in [2.05, 4.69) is 10.9 Å². The van der Waals surface area contributed by atoms with Gasteiger partial charge >= 0.3 is 11.9 Å². The zero-order valence-electron chi connectivity index (χ0n) is 11.2. The van der Waals surface area contributed by atoms with E-state index in [1.54, 1.807) is 13.0 Å². The third-order valence-corrected chi connectivity index (χ3v) is 2.72. The number of carboxylic acids is 2. The second-order valence-electron chi connectivity index (χ2n) is 4.20. The second-order valence-corrected chi connectivity index (χ2v) is 4.20. The first-order chi connectivity index (χ1) is 9.86. The van der Waals surface area contributed by atoms with Crippen LogP contribution >= 0.6 is 0 Å². The lowest BCUT2D eigenvalue weighted by Gasteiger charge is -2.17. The Hall–Kier alpha value is -2.48. The Morgan fingerprint density at radius 1 is 1.29 bits per heavy atom. The SMILES string of the molecule is CCc1cccc(F)c1NNC(C(=O)O)C(=O)CC(=O)O. The molecule has 0 saturated carbocycles. The summed E-state index contributed by atoms with van der Waals surface area (Å²) in [5.74, 6) is -4.65. The number of aryl methyl sites for hydroxylation is 1. The van der Waals surface area contributed by atoms with Crippen molar-refractivity contribution in [1.29, 1.82) is 0 Å². The zero-order valence-corrected chi connectivity index (χ0v) is 11.2. The highest BCUT2D eigenvalue weighted by atomic mass is 19.1. The molecule has 1 atom stereocenters. The number of hydrazine groups is 1. The van der Waals surface area contributed by atoms with Crippen LogP contribution in [-0.2, 0) is 20.8 Å². The summed E-state index contributed by atoms with van der Waals surface area (Å²) in [5.41, 5.74) is 5.11. The molecule has 7 nitrogen and oxygen atoms in total. The van der Waals surface area contributed by atoms with Gasteiger partial charge in [0.1, 0.15) is 12.2 Å². The number of carbonyl (C=O) groups excluding carboxylic acids is 1. The molecule has 0 saturated heterocycles. The Balaban J connectivity index is 2.86. The molecule has 4 N–H and O–H groups in total. The van der Waals surface area contributed by atoms with Gasteiger partial charge < -0.3 is 15.6 Å². The number of anilines is 1. The smallest absolute Gasteiger partial charge is 0.330 e. The number of benzene rings is 1. The topological polar surface area (TPSA) is 116 Å². The molecule has 0 aliphatic heterocycles. The van der Waals surface area contributed by atoms with Crippen molar-refractivity contribution in [3.05, 3.63) is 29.6 Å². The minimum absolute atomic E-state index is 0.0226. The number of hydrogen-bond donors (Lipinski definition) is 4. The molecule has 0 fully saturated rings. The summed E-state index contributed by atoms with van der Waals surface area (Å²) in [5, 5.41) is 17.4. The van der Waals surface area contributed by atoms with Crippen LogP contribution in [0.15, 0.2) is 18.2 Å². The maximum atomic E-state index is 13.7. The van der Waals surface area contributed by atoms with Crippen molar-refractivity contribution in [3.63, 3.8) is 0 Å². The van der Waals surface area contributed by atoms with Crippen LogP contribution in [-0.4, -0.2) is 34.0 Å². The molecule has 0 radical (unpaired) electrons. The van der Waals surface area contributed by atoms with Crippen molar-refractivity contribution in [3.8, 4) is 0 Å². The number of aliphatic carboxylic acids is 2. The first-order valence-electron chi connectivity index (χ1n) is 6.13. The number of carbonyl (C=O) groups is 3. The highest BCUT2D eigenvalue weighted by Crippen LogP contribution is 2.19. The molecule has 21 heavy (non-hydrogen) atoms. The molecule has 0 heterocycles. The van der Waals surface area contributed by atoms with Gasteiger partial charge in [-0.1, -0.05) is 19.1 Å². The second kappa shape index (κ2) is 7.34. The Morgan fingerprint density at radius 2 is 1.95 bits per heavy atom. The van der Waals surface area contributed by atoms with Gasteiger partial charge in [-0.2, -0.15) is 0 Å². The Kier molecular flexibility index (Phi) is 5.79. The fourth-order valence-corrected chi connectivity index (χ4v) is 1.68. The quantitative estimate of drug-likeness (QED) is 0.414. The van der Waals surface area contributed by atoms with Crippen LogP contribution in [0.4, 0.5) is 10.1 Å². The van der Waals surface area contributed by atoms with Crippen molar-refractivity contribution in [2.45, 2.75) is 25.8 Å². The lowest BCUT2D eigenvalue weighted by Crippen LogP contribution is -2.47. The summed E-state index contributed by atoms with van der Waals surface area (Å²) < 4.78 is 13.7. The molecule has 0 bridgehead atoms. The van der Waals surface area contributed by atoms with Gasteiger partial charge in [-0.05, 0) is 18.1 Å². The molecule has 8 heteroatoms. The maximum Gasteiger partial charge on any atom is 0.330 e. The van der Waals surface area contributed by atoms with Crippen LogP contribution in [0.5, 0.6) is 0 Å². The fraction of sp³-hybridized carbons (Fsp3) is 0.308. The average molecular weight is 298 g/mol. The van der Waals surface area contributed by atoms with Gasteiger partial charge in [0, 0.05) is 0 Å². The van der Waals surface area contributed by atoms with E-state index in [0.29, 0.717) is 12.0 Å². The molecule has 0 aliphatic carbocycles. The van der Waals surface area contributed by atoms with Crippen molar-refractivity contribution >= 4 is 23.4 Å². The van der Waals surface area contributed by atoms with Gasteiger partial charge in [-0.15, -0.1) is 0 Å².